The average Bonchev–Trinajstić information content (AvgIpc) is 2.37. The topological polar surface area (TPSA) is 54.2 Å². The first-order chi connectivity index (χ1) is 8.59. The molecule has 2 aromatic rings. The Morgan fingerprint density at radius 1 is 1.33 bits per heavy atom. The lowest BCUT2D eigenvalue weighted by Gasteiger charge is -2.21. The van der Waals surface area contributed by atoms with E-state index in [1.165, 1.54) is 0 Å². The highest BCUT2D eigenvalue weighted by Gasteiger charge is 2.08. The Hall–Kier alpha value is -1.81. The molecule has 1 heterocycles. The molecular weight excluding hydrogens is 224 g/mol. The van der Waals surface area contributed by atoms with Crippen molar-refractivity contribution in [2.45, 2.75) is 13.0 Å². The lowest BCUT2D eigenvalue weighted by atomic mass is 10.1. The zero-order valence-corrected chi connectivity index (χ0v) is 11.1. The number of hydrogen-bond acceptors (Lipinski definition) is 4. The van der Waals surface area contributed by atoms with Gasteiger partial charge in [-0.3, -0.25) is 4.98 Å². The summed E-state index contributed by atoms with van der Waals surface area (Å²) in [5.41, 5.74) is 8.65. The van der Waals surface area contributed by atoms with E-state index in [-0.39, 0.29) is 0 Å². The van der Waals surface area contributed by atoms with Crippen LogP contribution in [0, 0.1) is 0 Å². The van der Waals surface area contributed by atoms with E-state index in [1.54, 1.807) is 6.20 Å². The molecule has 0 aliphatic carbocycles. The van der Waals surface area contributed by atoms with E-state index >= 15 is 0 Å². The molecule has 0 fully saturated rings. The predicted octanol–water partition coefficient (Wildman–Crippen LogP) is 2.18. The number of anilines is 2. The van der Waals surface area contributed by atoms with Crippen LogP contribution < -0.4 is 11.1 Å². The van der Waals surface area contributed by atoms with E-state index in [4.69, 9.17) is 5.73 Å². The van der Waals surface area contributed by atoms with Crippen molar-refractivity contribution in [2.24, 2.45) is 0 Å². The lowest BCUT2D eigenvalue weighted by Crippen LogP contribution is -2.31. The first kappa shape index (κ1) is 12.6. The van der Waals surface area contributed by atoms with Gasteiger partial charge in [0.05, 0.1) is 23.1 Å². The SMILES string of the molecule is CC(CNc1c(N)cnc2ccccc12)N(C)C. The zero-order valence-electron chi connectivity index (χ0n) is 11.1. The van der Waals surface area contributed by atoms with Crippen LogP contribution >= 0.6 is 0 Å². The zero-order chi connectivity index (χ0) is 13.1. The summed E-state index contributed by atoms with van der Waals surface area (Å²) in [6, 6.07) is 8.47. The van der Waals surface area contributed by atoms with Crippen molar-refractivity contribution >= 4 is 22.3 Å². The van der Waals surface area contributed by atoms with E-state index in [9.17, 15) is 0 Å². The van der Waals surface area contributed by atoms with Gasteiger partial charge in [0.15, 0.2) is 0 Å². The van der Waals surface area contributed by atoms with Gasteiger partial charge in [-0.2, -0.15) is 0 Å². The summed E-state index contributed by atoms with van der Waals surface area (Å²) in [4.78, 5) is 6.50. The van der Waals surface area contributed by atoms with Gasteiger partial charge in [0.2, 0.25) is 0 Å². The maximum atomic E-state index is 6.01. The smallest absolute Gasteiger partial charge is 0.0743 e. The fraction of sp³-hybridized carbons (Fsp3) is 0.357. The Labute approximate surface area is 108 Å². The van der Waals surface area contributed by atoms with Crippen LogP contribution in [0.5, 0.6) is 0 Å². The van der Waals surface area contributed by atoms with Crippen LogP contribution in [-0.2, 0) is 0 Å². The fourth-order valence-electron chi connectivity index (χ4n) is 1.79. The fourth-order valence-corrected chi connectivity index (χ4v) is 1.79. The Balaban J connectivity index is 2.29. The summed E-state index contributed by atoms with van der Waals surface area (Å²) in [5.74, 6) is 0. The molecule has 0 saturated heterocycles. The molecule has 0 spiro atoms. The number of rotatable bonds is 4. The molecule has 0 bridgehead atoms. The summed E-state index contributed by atoms with van der Waals surface area (Å²) in [6.07, 6.45) is 1.71. The summed E-state index contributed by atoms with van der Waals surface area (Å²) >= 11 is 0. The first-order valence-electron chi connectivity index (χ1n) is 6.13. The van der Waals surface area contributed by atoms with Crippen LogP contribution in [0.2, 0.25) is 0 Å². The standard InChI is InChI=1S/C14H20N4/c1-10(18(2)3)8-17-14-11-6-4-5-7-13(11)16-9-12(14)15/h4-7,9-10H,8,15H2,1-3H3,(H,16,17). The van der Waals surface area contributed by atoms with Crippen LogP contribution in [0.4, 0.5) is 11.4 Å². The Bertz CT molecular complexity index is 536. The highest BCUT2D eigenvalue weighted by atomic mass is 15.1. The summed E-state index contributed by atoms with van der Waals surface area (Å²) in [6.45, 7) is 3.03. The average molecular weight is 244 g/mol. The highest BCUT2D eigenvalue weighted by Crippen LogP contribution is 2.27. The predicted molar refractivity (Wildman–Crippen MR) is 77.8 cm³/mol. The minimum Gasteiger partial charge on any atom is -0.396 e. The van der Waals surface area contributed by atoms with Gasteiger partial charge in [0.25, 0.3) is 0 Å². The number of benzene rings is 1. The molecular formula is C14H20N4. The van der Waals surface area contributed by atoms with E-state index < -0.39 is 0 Å². The molecule has 0 amide bonds. The van der Waals surface area contributed by atoms with Crippen molar-refractivity contribution in [3.63, 3.8) is 0 Å². The Kier molecular flexibility index (Phi) is 3.67. The van der Waals surface area contributed by atoms with Crippen LogP contribution in [0.1, 0.15) is 6.92 Å². The number of hydrogen-bond donors (Lipinski definition) is 2. The molecule has 0 radical (unpaired) electrons. The number of para-hydroxylation sites is 1. The van der Waals surface area contributed by atoms with Crippen LogP contribution in [0.25, 0.3) is 10.9 Å². The molecule has 4 heteroatoms. The van der Waals surface area contributed by atoms with Crippen molar-refractivity contribution in [1.29, 1.82) is 0 Å². The maximum absolute atomic E-state index is 6.01. The van der Waals surface area contributed by atoms with Gasteiger partial charge in [0.1, 0.15) is 0 Å². The second kappa shape index (κ2) is 5.23. The van der Waals surface area contributed by atoms with Gasteiger partial charge in [-0.15, -0.1) is 0 Å². The molecule has 0 aliphatic heterocycles. The highest BCUT2D eigenvalue weighted by molar-refractivity contribution is 5.96. The van der Waals surface area contributed by atoms with Gasteiger partial charge < -0.3 is 16.0 Å². The summed E-state index contributed by atoms with van der Waals surface area (Å²) in [7, 11) is 4.14. The lowest BCUT2D eigenvalue weighted by molar-refractivity contribution is 0.326. The van der Waals surface area contributed by atoms with Crippen molar-refractivity contribution in [2.75, 3.05) is 31.7 Å². The van der Waals surface area contributed by atoms with Gasteiger partial charge in [-0.25, -0.2) is 0 Å². The van der Waals surface area contributed by atoms with Crippen molar-refractivity contribution in [1.82, 2.24) is 9.88 Å². The molecule has 18 heavy (non-hydrogen) atoms. The number of nitrogens with zero attached hydrogens (tertiary/aromatic N) is 2. The van der Waals surface area contributed by atoms with Crippen molar-refractivity contribution < 1.29 is 0 Å². The molecule has 96 valence electrons. The van der Waals surface area contributed by atoms with Crippen LogP contribution in [0.15, 0.2) is 30.5 Å². The largest absolute Gasteiger partial charge is 0.396 e. The Morgan fingerprint density at radius 3 is 2.78 bits per heavy atom. The molecule has 2 rings (SSSR count). The molecule has 1 aromatic carbocycles. The third-order valence-corrected chi connectivity index (χ3v) is 3.26. The maximum Gasteiger partial charge on any atom is 0.0743 e. The Morgan fingerprint density at radius 2 is 2.06 bits per heavy atom. The normalized spacial score (nSPS) is 12.9. The van der Waals surface area contributed by atoms with Crippen molar-refractivity contribution in [3.8, 4) is 0 Å². The van der Waals surface area contributed by atoms with E-state index in [0.29, 0.717) is 11.7 Å². The quantitative estimate of drug-likeness (QED) is 0.865. The number of fused-ring (bicyclic) bond motifs is 1. The molecule has 4 nitrogen and oxygen atoms in total. The second-order valence-corrected chi connectivity index (χ2v) is 4.80. The number of nitrogens with one attached hydrogen (secondary N) is 1. The van der Waals surface area contributed by atoms with Gasteiger partial charge >= 0.3 is 0 Å². The molecule has 0 saturated carbocycles. The van der Waals surface area contributed by atoms with Crippen LogP contribution in [0.3, 0.4) is 0 Å². The van der Waals surface area contributed by atoms with Gasteiger partial charge in [-0.1, -0.05) is 18.2 Å². The minimum absolute atomic E-state index is 0.441. The third-order valence-electron chi connectivity index (χ3n) is 3.26. The monoisotopic (exact) mass is 244 g/mol. The molecule has 1 unspecified atom stereocenters. The summed E-state index contributed by atoms with van der Waals surface area (Å²) < 4.78 is 0. The first-order valence-corrected chi connectivity index (χ1v) is 6.13. The van der Waals surface area contributed by atoms with Crippen molar-refractivity contribution in [3.05, 3.63) is 30.5 Å². The minimum atomic E-state index is 0.441. The molecule has 1 aromatic heterocycles. The van der Waals surface area contributed by atoms with E-state index in [1.807, 2.05) is 24.3 Å². The van der Waals surface area contributed by atoms with E-state index in [0.717, 1.165) is 23.1 Å². The second-order valence-electron chi connectivity index (χ2n) is 4.80. The van der Waals surface area contributed by atoms with Gasteiger partial charge in [0, 0.05) is 18.0 Å². The summed E-state index contributed by atoms with van der Waals surface area (Å²) in [5, 5.41) is 4.50. The number of likely N-dealkylation sites (N-methyl/N-ethyl adjacent to an activating group) is 1. The molecule has 3 N–H and O–H groups in total. The molecule has 1 atom stereocenters. The number of nitrogen functional groups attached to an aromatic ring is 1. The third kappa shape index (κ3) is 2.54. The van der Waals surface area contributed by atoms with Crippen LogP contribution in [-0.4, -0.2) is 36.6 Å². The number of nitrogens with two attached hydrogens (primary N) is 1. The van der Waals surface area contributed by atoms with E-state index in [2.05, 4.69) is 36.2 Å². The number of aromatic nitrogens is 1. The van der Waals surface area contributed by atoms with Gasteiger partial charge in [-0.05, 0) is 27.1 Å². The number of pyridine rings is 1. The molecule has 0 aliphatic rings.